The fraction of sp³-hybridized carbons (Fsp3) is 0.462. The van der Waals surface area contributed by atoms with Gasteiger partial charge in [0.15, 0.2) is 11.5 Å². The lowest BCUT2D eigenvalue weighted by molar-refractivity contribution is -0.116. The van der Waals surface area contributed by atoms with Crippen LogP contribution in [0.5, 0.6) is 17.2 Å². The van der Waals surface area contributed by atoms with E-state index >= 15 is 0 Å². The van der Waals surface area contributed by atoms with E-state index in [1.165, 1.54) is 0 Å². The minimum absolute atomic E-state index is 0.179. The first kappa shape index (κ1) is 11.8. The SMILES string of the molecule is COc1cc(CCC(C)=O)cc2c1OCCO2. The van der Waals surface area contributed by atoms with Crippen LogP contribution in [0.4, 0.5) is 0 Å². The van der Waals surface area contributed by atoms with E-state index in [1.807, 2.05) is 12.1 Å². The number of rotatable bonds is 4. The second kappa shape index (κ2) is 5.08. The van der Waals surface area contributed by atoms with Crippen LogP contribution in [0.2, 0.25) is 0 Å². The first-order chi connectivity index (χ1) is 8.20. The fourth-order valence-electron chi connectivity index (χ4n) is 1.79. The number of fused-ring (bicyclic) bond motifs is 1. The van der Waals surface area contributed by atoms with Crippen LogP contribution in [0, 0.1) is 0 Å². The van der Waals surface area contributed by atoms with Gasteiger partial charge in [0.25, 0.3) is 0 Å². The summed E-state index contributed by atoms with van der Waals surface area (Å²) >= 11 is 0. The molecule has 0 N–H and O–H groups in total. The van der Waals surface area contributed by atoms with E-state index in [-0.39, 0.29) is 5.78 Å². The van der Waals surface area contributed by atoms with Crippen molar-refractivity contribution < 1.29 is 19.0 Å². The van der Waals surface area contributed by atoms with Crippen molar-refractivity contribution in [3.8, 4) is 17.2 Å². The van der Waals surface area contributed by atoms with Crippen molar-refractivity contribution in [2.75, 3.05) is 20.3 Å². The summed E-state index contributed by atoms with van der Waals surface area (Å²) in [6, 6.07) is 3.82. The number of hydrogen-bond acceptors (Lipinski definition) is 4. The molecule has 2 rings (SSSR count). The molecule has 0 aliphatic carbocycles. The smallest absolute Gasteiger partial charge is 0.203 e. The number of hydrogen-bond donors (Lipinski definition) is 0. The highest BCUT2D eigenvalue weighted by Crippen LogP contribution is 2.40. The fourth-order valence-corrected chi connectivity index (χ4v) is 1.79. The van der Waals surface area contributed by atoms with Crippen LogP contribution in [0.25, 0.3) is 0 Å². The molecule has 1 aliphatic heterocycles. The number of carbonyl (C=O) groups excluding carboxylic acids is 1. The number of ketones is 1. The Morgan fingerprint density at radius 2 is 2.12 bits per heavy atom. The van der Waals surface area contributed by atoms with Crippen LogP contribution in [0.1, 0.15) is 18.9 Å². The predicted octanol–water partition coefficient (Wildman–Crippen LogP) is 1.99. The molecular formula is C13H16O4. The van der Waals surface area contributed by atoms with Crippen LogP contribution in [0.3, 0.4) is 0 Å². The highest BCUT2D eigenvalue weighted by molar-refractivity contribution is 5.75. The number of methoxy groups -OCH3 is 1. The highest BCUT2D eigenvalue weighted by Gasteiger charge is 2.18. The maximum absolute atomic E-state index is 11.0. The zero-order chi connectivity index (χ0) is 12.3. The molecule has 1 aliphatic rings. The standard InChI is InChI=1S/C13H16O4/c1-9(14)3-4-10-7-11(15-2)13-12(8-10)16-5-6-17-13/h7-8H,3-6H2,1-2H3. The molecule has 0 aromatic heterocycles. The third-order valence-corrected chi connectivity index (χ3v) is 2.65. The summed E-state index contributed by atoms with van der Waals surface area (Å²) in [4.78, 5) is 11.0. The summed E-state index contributed by atoms with van der Waals surface area (Å²) in [5.41, 5.74) is 1.03. The van der Waals surface area contributed by atoms with Gasteiger partial charge in [0.05, 0.1) is 7.11 Å². The molecule has 1 heterocycles. The first-order valence-corrected chi connectivity index (χ1v) is 5.66. The second-order valence-electron chi connectivity index (χ2n) is 4.02. The summed E-state index contributed by atoms with van der Waals surface area (Å²) in [7, 11) is 1.60. The molecule has 4 heteroatoms. The largest absolute Gasteiger partial charge is 0.493 e. The van der Waals surface area contributed by atoms with Crippen LogP contribution in [-0.4, -0.2) is 26.1 Å². The molecule has 0 saturated heterocycles. The van der Waals surface area contributed by atoms with Crippen molar-refractivity contribution in [2.24, 2.45) is 0 Å². The normalized spacial score (nSPS) is 13.3. The average molecular weight is 236 g/mol. The van der Waals surface area contributed by atoms with Crippen molar-refractivity contribution in [3.63, 3.8) is 0 Å². The summed E-state index contributed by atoms with van der Waals surface area (Å²) < 4.78 is 16.3. The van der Waals surface area contributed by atoms with E-state index < -0.39 is 0 Å². The van der Waals surface area contributed by atoms with Crippen LogP contribution < -0.4 is 14.2 Å². The molecule has 0 radical (unpaired) electrons. The Morgan fingerprint density at radius 1 is 1.35 bits per heavy atom. The Morgan fingerprint density at radius 3 is 2.82 bits per heavy atom. The summed E-state index contributed by atoms with van der Waals surface area (Å²) in [5.74, 6) is 2.21. The van der Waals surface area contributed by atoms with Crippen molar-refractivity contribution >= 4 is 5.78 Å². The molecule has 4 nitrogen and oxygen atoms in total. The van der Waals surface area contributed by atoms with Gasteiger partial charge in [-0.2, -0.15) is 0 Å². The zero-order valence-electron chi connectivity index (χ0n) is 10.1. The van der Waals surface area contributed by atoms with E-state index in [0.717, 1.165) is 5.56 Å². The minimum atomic E-state index is 0.179. The monoisotopic (exact) mass is 236 g/mol. The molecule has 0 unspecified atom stereocenters. The molecule has 17 heavy (non-hydrogen) atoms. The zero-order valence-corrected chi connectivity index (χ0v) is 10.1. The minimum Gasteiger partial charge on any atom is -0.493 e. The van der Waals surface area contributed by atoms with Crippen LogP contribution in [0.15, 0.2) is 12.1 Å². The van der Waals surface area contributed by atoms with Gasteiger partial charge >= 0.3 is 0 Å². The Hall–Kier alpha value is -1.71. The van der Waals surface area contributed by atoms with Crippen LogP contribution >= 0.6 is 0 Å². The maximum atomic E-state index is 11.0. The van der Waals surface area contributed by atoms with Gasteiger partial charge in [-0.05, 0) is 31.0 Å². The van der Waals surface area contributed by atoms with E-state index in [4.69, 9.17) is 14.2 Å². The quantitative estimate of drug-likeness (QED) is 0.802. The maximum Gasteiger partial charge on any atom is 0.203 e. The molecule has 0 atom stereocenters. The highest BCUT2D eigenvalue weighted by atomic mass is 16.6. The Balaban J connectivity index is 2.26. The molecule has 0 fully saturated rings. The lowest BCUT2D eigenvalue weighted by Gasteiger charge is -2.21. The first-order valence-electron chi connectivity index (χ1n) is 5.66. The van der Waals surface area contributed by atoms with Crippen molar-refractivity contribution in [1.29, 1.82) is 0 Å². The van der Waals surface area contributed by atoms with Crippen molar-refractivity contribution in [1.82, 2.24) is 0 Å². The van der Waals surface area contributed by atoms with Gasteiger partial charge in [0.2, 0.25) is 5.75 Å². The van der Waals surface area contributed by atoms with Crippen molar-refractivity contribution in [2.45, 2.75) is 19.8 Å². The van der Waals surface area contributed by atoms with Gasteiger partial charge in [-0.1, -0.05) is 0 Å². The van der Waals surface area contributed by atoms with E-state index in [2.05, 4.69) is 0 Å². The van der Waals surface area contributed by atoms with Gasteiger partial charge in [0, 0.05) is 6.42 Å². The van der Waals surface area contributed by atoms with E-state index in [1.54, 1.807) is 14.0 Å². The van der Waals surface area contributed by atoms with Crippen LogP contribution in [-0.2, 0) is 11.2 Å². The van der Waals surface area contributed by atoms with Gasteiger partial charge in [0.1, 0.15) is 19.0 Å². The molecule has 1 aromatic carbocycles. The van der Waals surface area contributed by atoms with E-state index in [0.29, 0.717) is 43.3 Å². The molecule has 0 saturated carbocycles. The third-order valence-electron chi connectivity index (χ3n) is 2.65. The summed E-state index contributed by atoms with van der Waals surface area (Å²) in [6.07, 6.45) is 1.23. The number of Topliss-reactive ketones (excluding diaryl/α,β-unsaturated/α-hetero) is 1. The molecule has 92 valence electrons. The number of aryl methyl sites for hydroxylation is 1. The summed E-state index contributed by atoms with van der Waals surface area (Å²) in [6.45, 7) is 2.68. The molecule has 0 spiro atoms. The lowest BCUT2D eigenvalue weighted by atomic mass is 10.1. The van der Waals surface area contributed by atoms with Gasteiger partial charge < -0.3 is 19.0 Å². The van der Waals surface area contributed by atoms with Gasteiger partial charge in [-0.15, -0.1) is 0 Å². The second-order valence-corrected chi connectivity index (χ2v) is 4.02. The Labute approximate surface area is 100 Å². The lowest BCUT2D eigenvalue weighted by Crippen LogP contribution is -2.16. The number of carbonyl (C=O) groups is 1. The molecule has 1 aromatic rings. The summed E-state index contributed by atoms with van der Waals surface area (Å²) in [5, 5.41) is 0. The van der Waals surface area contributed by atoms with E-state index in [9.17, 15) is 4.79 Å². The average Bonchev–Trinajstić information content (AvgIpc) is 2.35. The topological polar surface area (TPSA) is 44.8 Å². The number of ether oxygens (including phenoxy) is 3. The molecule has 0 bridgehead atoms. The Bertz CT molecular complexity index is 408. The van der Waals surface area contributed by atoms with Gasteiger partial charge in [-0.3, -0.25) is 0 Å². The third kappa shape index (κ3) is 2.70. The Kier molecular flexibility index (Phi) is 3.52. The van der Waals surface area contributed by atoms with Gasteiger partial charge in [-0.25, -0.2) is 0 Å². The van der Waals surface area contributed by atoms with Crippen molar-refractivity contribution in [3.05, 3.63) is 17.7 Å². The predicted molar refractivity (Wildman–Crippen MR) is 63.0 cm³/mol. The molecule has 0 amide bonds. The molecular weight excluding hydrogens is 220 g/mol. The number of benzene rings is 1.